The topological polar surface area (TPSA) is 63.7 Å². The van der Waals surface area contributed by atoms with Gasteiger partial charge in [0.1, 0.15) is 11.3 Å². The Kier molecular flexibility index (Phi) is 2.85. The minimum Gasteiger partial charge on any atom is -0.496 e. The minimum absolute atomic E-state index is 0.652. The predicted molar refractivity (Wildman–Crippen MR) is 68.8 cm³/mol. The lowest BCUT2D eigenvalue weighted by atomic mass is 10.3. The first kappa shape index (κ1) is 11.0. The summed E-state index contributed by atoms with van der Waals surface area (Å²) < 4.78 is 5.29. The van der Waals surface area contributed by atoms with Crippen molar-refractivity contribution in [2.75, 3.05) is 7.11 Å². The van der Waals surface area contributed by atoms with Crippen molar-refractivity contribution in [1.29, 1.82) is 0 Å². The molecule has 3 rings (SSSR count). The standard InChI is InChI=1S/C12H10N4OS/c1-17-9-4-2-3-5-10(9)18-12-13-6-8-11(16-12)15-7-14-8/h2-7H,1H3,(H,13,14,15,16). The van der Waals surface area contributed by atoms with Gasteiger partial charge < -0.3 is 9.72 Å². The monoisotopic (exact) mass is 258 g/mol. The number of methoxy groups -OCH3 is 1. The Hall–Kier alpha value is -2.08. The summed E-state index contributed by atoms with van der Waals surface area (Å²) in [5.41, 5.74) is 1.50. The molecule has 0 amide bonds. The SMILES string of the molecule is COc1ccccc1Sc1ncc2[nH]cnc2n1. The van der Waals surface area contributed by atoms with Crippen LogP contribution in [0.3, 0.4) is 0 Å². The third kappa shape index (κ3) is 2.02. The van der Waals surface area contributed by atoms with Crippen LogP contribution in [0.15, 0.2) is 46.8 Å². The Labute approximate surface area is 108 Å². The maximum Gasteiger partial charge on any atom is 0.194 e. The minimum atomic E-state index is 0.652. The van der Waals surface area contributed by atoms with E-state index in [1.54, 1.807) is 19.6 Å². The van der Waals surface area contributed by atoms with Gasteiger partial charge >= 0.3 is 0 Å². The Bertz CT molecular complexity index is 682. The molecule has 0 spiro atoms. The fraction of sp³-hybridized carbons (Fsp3) is 0.0833. The third-order valence-corrected chi connectivity index (χ3v) is 3.36. The Morgan fingerprint density at radius 1 is 1.22 bits per heavy atom. The number of ether oxygens (including phenoxy) is 1. The van der Waals surface area contributed by atoms with Crippen molar-refractivity contribution in [3.8, 4) is 5.75 Å². The van der Waals surface area contributed by atoms with Crippen LogP contribution in [0.2, 0.25) is 0 Å². The van der Waals surface area contributed by atoms with Crippen molar-refractivity contribution in [2.24, 2.45) is 0 Å². The van der Waals surface area contributed by atoms with E-state index in [2.05, 4.69) is 19.9 Å². The molecule has 2 heterocycles. The molecule has 0 aliphatic rings. The zero-order chi connectivity index (χ0) is 12.4. The number of benzene rings is 1. The summed E-state index contributed by atoms with van der Waals surface area (Å²) in [6.45, 7) is 0. The normalized spacial score (nSPS) is 10.7. The average molecular weight is 258 g/mol. The fourth-order valence-electron chi connectivity index (χ4n) is 1.57. The molecule has 0 unspecified atom stereocenters. The van der Waals surface area contributed by atoms with Crippen molar-refractivity contribution in [3.63, 3.8) is 0 Å². The van der Waals surface area contributed by atoms with Gasteiger partial charge in [-0.05, 0) is 23.9 Å². The van der Waals surface area contributed by atoms with Crippen molar-refractivity contribution in [3.05, 3.63) is 36.8 Å². The molecule has 1 N–H and O–H groups in total. The Morgan fingerprint density at radius 2 is 2.11 bits per heavy atom. The van der Waals surface area contributed by atoms with Gasteiger partial charge in [-0.1, -0.05) is 12.1 Å². The summed E-state index contributed by atoms with van der Waals surface area (Å²) in [5.74, 6) is 0.813. The second-order valence-electron chi connectivity index (χ2n) is 3.55. The van der Waals surface area contributed by atoms with Crippen LogP contribution in [0.25, 0.3) is 11.2 Å². The van der Waals surface area contributed by atoms with E-state index in [0.717, 1.165) is 16.2 Å². The number of nitrogens with one attached hydrogen (secondary N) is 1. The van der Waals surface area contributed by atoms with Crippen LogP contribution in [0.1, 0.15) is 0 Å². The molecule has 0 aliphatic carbocycles. The molecule has 0 bridgehead atoms. The van der Waals surface area contributed by atoms with Crippen LogP contribution < -0.4 is 4.74 Å². The smallest absolute Gasteiger partial charge is 0.194 e. The van der Waals surface area contributed by atoms with E-state index in [0.29, 0.717) is 10.8 Å². The van der Waals surface area contributed by atoms with E-state index in [-0.39, 0.29) is 0 Å². The fourth-order valence-corrected chi connectivity index (χ4v) is 2.40. The quantitative estimate of drug-likeness (QED) is 0.731. The maximum atomic E-state index is 5.29. The molecule has 2 aromatic heterocycles. The highest BCUT2D eigenvalue weighted by molar-refractivity contribution is 7.99. The summed E-state index contributed by atoms with van der Waals surface area (Å²) in [7, 11) is 1.65. The first-order valence-corrected chi connectivity index (χ1v) is 6.15. The van der Waals surface area contributed by atoms with E-state index < -0.39 is 0 Å². The van der Waals surface area contributed by atoms with Crippen LogP contribution in [-0.2, 0) is 0 Å². The molecule has 1 aromatic carbocycles. The van der Waals surface area contributed by atoms with E-state index in [9.17, 15) is 0 Å². The number of rotatable bonds is 3. The average Bonchev–Trinajstić information content (AvgIpc) is 2.87. The van der Waals surface area contributed by atoms with Gasteiger partial charge in [-0.25, -0.2) is 15.0 Å². The summed E-state index contributed by atoms with van der Waals surface area (Å²) in [4.78, 5) is 16.7. The second-order valence-corrected chi connectivity index (χ2v) is 4.55. The van der Waals surface area contributed by atoms with Gasteiger partial charge in [0.05, 0.1) is 24.5 Å². The first-order valence-electron chi connectivity index (χ1n) is 5.34. The van der Waals surface area contributed by atoms with Gasteiger partial charge in [0.25, 0.3) is 0 Å². The Morgan fingerprint density at radius 3 is 3.00 bits per heavy atom. The molecule has 18 heavy (non-hydrogen) atoms. The molecule has 90 valence electrons. The van der Waals surface area contributed by atoms with E-state index in [4.69, 9.17) is 4.74 Å². The molecule has 0 radical (unpaired) electrons. The van der Waals surface area contributed by atoms with Crippen LogP contribution >= 0.6 is 11.8 Å². The number of aromatic amines is 1. The van der Waals surface area contributed by atoms with Gasteiger partial charge in [0.15, 0.2) is 10.8 Å². The van der Waals surface area contributed by atoms with Crippen molar-refractivity contribution >= 4 is 22.9 Å². The van der Waals surface area contributed by atoms with Gasteiger partial charge in [-0.2, -0.15) is 0 Å². The number of H-pyrrole nitrogens is 1. The van der Waals surface area contributed by atoms with Crippen LogP contribution in [0.5, 0.6) is 5.75 Å². The number of hydrogen-bond donors (Lipinski definition) is 1. The number of imidazole rings is 1. The van der Waals surface area contributed by atoms with Gasteiger partial charge in [-0.15, -0.1) is 0 Å². The third-order valence-electron chi connectivity index (χ3n) is 2.42. The number of para-hydroxylation sites is 1. The van der Waals surface area contributed by atoms with Crippen molar-refractivity contribution in [2.45, 2.75) is 10.1 Å². The zero-order valence-corrected chi connectivity index (χ0v) is 10.4. The van der Waals surface area contributed by atoms with Gasteiger partial charge in [0.2, 0.25) is 0 Å². The van der Waals surface area contributed by atoms with E-state index in [1.165, 1.54) is 11.8 Å². The van der Waals surface area contributed by atoms with Crippen molar-refractivity contribution < 1.29 is 4.74 Å². The van der Waals surface area contributed by atoms with Gasteiger partial charge in [0, 0.05) is 0 Å². The van der Waals surface area contributed by atoms with Gasteiger partial charge in [-0.3, -0.25) is 0 Å². The maximum absolute atomic E-state index is 5.29. The summed E-state index contributed by atoms with van der Waals surface area (Å²) in [5, 5.41) is 0.652. The highest BCUT2D eigenvalue weighted by Crippen LogP contribution is 2.32. The van der Waals surface area contributed by atoms with E-state index in [1.807, 2.05) is 24.3 Å². The lowest BCUT2D eigenvalue weighted by Gasteiger charge is -2.05. The van der Waals surface area contributed by atoms with Crippen LogP contribution in [0, 0.1) is 0 Å². The number of fused-ring (bicyclic) bond motifs is 1. The van der Waals surface area contributed by atoms with Crippen molar-refractivity contribution in [1.82, 2.24) is 19.9 Å². The first-order chi connectivity index (χ1) is 8.86. The molecule has 5 nitrogen and oxygen atoms in total. The Balaban J connectivity index is 1.95. The molecule has 3 aromatic rings. The summed E-state index contributed by atoms with van der Waals surface area (Å²) >= 11 is 1.46. The summed E-state index contributed by atoms with van der Waals surface area (Å²) in [6.07, 6.45) is 3.34. The number of nitrogens with zero attached hydrogens (tertiary/aromatic N) is 3. The second kappa shape index (κ2) is 4.66. The molecular formula is C12H10N4OS. The number of aromatic nitrogens is 4. The molecule has 0 aliphatic heterocycles. The molecule has 0 saturated carbocycles. The zero-order valence-electron chi connectivity index (χ0n) is 9.62. The molecule has 0 fully saturated rings. The lowest BCUT2D eigenvalue weighted by Crippen LogP contribution is -1.89. The lowest BCUT2D eigenvalue weighted by molar-refractivity contribution is 0.405. The van der Waals surface area contributed by atoms with Crippen LogP contribution in [0.4, 0.5) is 0 Å². The molecule has 6 heteroatoms. The van der Waals surface area contributed by atoms with Crippen LogP contribution in [-0.4, -0.2) is 27.0 Å². The molecular weight excluding hydrogens is 248 g/mol. The highest BCUT2D eigenvalue weighted by Gasteiger charge is 2.07. The summed E-state index contributed by atoms with van der Waals surface area (Å²) in [6, 6.07) is 7.77. The largest absolute Gasteiger partial charge is 0.496 e. The molecule has 0 atom stereocenters. The highest BCUT2D eigenvalue weighted by atomic mass is 32.2. The predicted octanol–water partition coefficient (Wildman–Crippen LogP) is 2.51. The number of hydrogen-bond acceptors (Lipinski definition) is 5. The van der Waals surface area contributed by atoms with E-state index >= 15 is 0 Å². The molecule has 0 saturated heterocycles.